The highest BCUT2D eigenvalue weighted by Crippen LogP contribution is 2.34. The van der Waals surface area contributed by atoms with Gasteiger partial charge in [0.05, 0.1) is 0 Å². The lowest BCUT2D eigenvalue weighted by Crippen LogP contribution is -2.09. The van der Waals surface area contributed by atoms with Crippen molar-refractivity contribution < 1.29 is 0 Å². The number of para-hydroxylation sites is 1. The zero-order valence-electron chi connectivity index (χ0n) is 12.5. The van der Waals surface area contributed by atoms with E-state index in [-0.39, 0.29) is 0 Å². The Balaban J connectivity index is 2.07. The second kappa shape index (κ2) is 6.22. The Labute approximate surface area is 131 Å². The van der Waals surface area contributed by atoms with Crippen molar-refractivity contribution in [2.45, 2.75) is 0 Å². The van der Waals surface area contributed by atoms with Gasteiger partial charge in [0.2, 0.25) is 0 Å². The quantitative estimate of drug-likeness (QED) is 0.679. The van der Waals surface area contributed by atoms with E-state index < -0.39 is 0 Å². The van der Waals surface area contributed by atoms with E-state index in [2.05, 4.69) is 46.6 Å². The Morgan fingerprint density at radius 3 is 1.73 bits per heavy atom. The molecule has 110 valence electrons. The van der Waals surface area contributed by atoms with E-state index in [0.717, 1.165) is 28.4 Å². The van der Waals surface area contributed by atoms with Gasteiger partial charge >= 0.3 is 0 Å². The van der Waals surface area contributed by atoms with Gasteiger partial charge in [-0.2, -0.15) is 0 Å². The molecule has 3 aromatic rings. The molecule has 0 spiro atoms. The molecule has 0 aliphatic heterocycles. The molecule has 0 bridgehead atoms. The Morgan fingerprint density at radius 1 is 0.682 bits per heavy atom. The minimum atomic E-state index is 0.766. The molecule has 0 radical (unpaired) electrons. The first-order chi connectivity index (χ1) is 10.8. The number of nitrogens with two attached hydrogens (primary N) is 1. The molecule has 0 aliphatic rings. The molecule has 0 saturated heterocycles. The van der Waals surface area contributed by atoms with E-state index in [9.17, 15) is 0 Å². The van der Waals surface area contributed by atoms with Crippen LogP contribution in [0.4, 0.5) is 28.4 Å². The molecule has 3 heteroatoms. The SMILES string of the molecule is CNc1ccc(N(c2ccccc2)c2ccc(N)cc2)cc1. The molecular formula is C19H19N3. The van der Waals surface area contributed by atoms with Gasteiger partial charge in [-0.25, -0.2) is 0 Å². The second-order valence-electron chi connectivity index (χ2n) is 5.06. The monoisotopic (exact) mass is 289 g/mol. The largest absolute Gasteiger partial charge is 0.399 e. The normalized spacial score (nSPS) is 10.2. The van der Waals surface area contributed by atoms with Gasteiger partial charge in [-0.3, -0.25) is 0 Å². The van der Waals surface area contributed by atoms with Crippen LogP contribution in [0.5, 0.6) is 0 Å². The number of rotatable bonds is 4. The lowest BCUT2D eigenvalue weighted by Gasteiger charge is -2.25. The summed E-state index contributed by atoms with van der Waals surface area (Å²) in [5.41, 5.74) is 11.0. The van der Waals surface area contributed by atoms with Crippen molar-refractivity contribution >= 4 is 28.4 Å². The Kier molecular flexibility index (Phi) is 3.97. The minimum Gasteiger partial charge on any atom is -0.399 e. The first kappa shape index (κ1) is 14.0. The van der Waals surface area contributed by atoms with Gasteiger partial charge in [0.1, 0.15) is 0 Å². The lowest BCUT2D eigenvalue weighted by molar-refractivity contribution is 1.28. The molecule has 3 nitrogen and oxygen atoms in total. The molecule has 0 unspecified atom stereocenters. The van der Waals surface area contributed by atoms with E-state index >= 15 is 0 Å². The number of nitrogen functional groups attached to an aromatic ring is 1. The molecule has 3 N–H and O–H groups in total. The summed E-state index contributed by atoms with van der Waals surface area (Å²) < 4.78 is 0. The third-order valence-electron chi connectivity index (χ3n) is 3.58. The third kappa shape index (κ3) is 2.88. The fourth-order valence-corrected chi connectivity index (χ4v) is 2.42. The summed E-state index contributed by atoms with van der Waals surface area (Å²) in [6, 6.07) is 26.6. The van der Waals surface area contributed by atoms with Crippen molar-refractivity contribution in [3.63, 3.8) is 0 Å². The number of hydrogen-bond acceptors (Lipinski definition) is 3. The Hall–Kier alpha value is -2.94. The van der Waals surface area contributed by atoms with Gasteiger partial charge in [-0.1, -0.05) is 18.2 Å². The van der Waals surface area contributed by atoms with Crippen LogP contribution in [0, 0.1) is 0 Å². The van der Waals surface area contributed by atoms with Crippen LogP contribution in [0.1, 0.15) is 0 Å². The summed E-state index contributed by atoms with van der Waals surface area (Å²) in [6.45, 7) is 0. The van der Waals surface area contributed by atoms with Crippen LogP contribution in [0.25, 0.3) is 0 Å². The first-order valence-electron chi connectivity index (χ1n) is 7.26. The van der Waals surface area contributed by atoms with Gasteiger partial charge in [0, 0.05) is 35.5 Å². The van der Waals surface area contributed by atoms with E-state index in [0.29, 0.717) is 0 Å². The van der Waals surface area contributed by atoms with Crippen LogP contribution >= 0.6 is 0 Å². The highest BCUT2D eigenvalue weighted by Gasteiger charge is 2.11. The summed E-state index contributed by atoms with van der Waals surface area (Å²) >= 11 is 0. The van der Waals surface area contributed by atoms with E-state index in [1.165, 1.54) is 0 Å². The smallest absolute Gasteiger partial charge is 0.0463 e. The summed E-state index contributed by atoms with van der Waals surface area (Å²) in [6.07, 6.45) is 0. The average Bonchev–Trinajstić information content (AvgIpc) is 2.58. The van der Waals surface area contributed by atoms with Crippen LogP contribution in [0.15, 0.2) is 78.9 Å². The maximum absolute atomic E-state index is 5.82. The minimum absolute atomic E-state index is 0.766. The number of hydrogen-bond donors (Lipinski definition) is 2. The zero-order valence-corrected chi connectivity index (χ0v) is 12.5. The number of anilines is 5. The van der Waals surface area contributed by atoms with Crippen molar-refractivity contribution in [2.75, 3.05) is 23.0 Å². The van der Waals surface area contributed by atoms with Gasteiger partial charge in [0.15, 0.2) is 0 Å². The van der Waals surface area contributed by atoms with Crippen molar-refractivity contribution in [2.24, 2.45) is 0 Å². The Morgan fingerprint density at radius 2 is 1.18 bits per heavy atom. The zero-order chi connectivity index (χ0) is 15.4. The molecule has 22 heavy (non-hydrogen) atoms. The van der Waals surface area contributed by atoms with Crippen LogP contribution in [0.3, 0.4) is 0 Å². The van der Waals surface area contributed by atoms with E-state index in [1.54, 1.807) is 0 Å². The summed E-state index contributed by atoms with van der Waals surface area (Å²) in [5.74, 6) is 0. The molecule has 3 rings (SSSR count). The fourth-order valence-electron chi connectivity index (χ4n) is 2.42. The molecule has 0 heterocycles. The van der Waals surface area contributed by atoms with Crippen molar-refractivity contribution in [1.29, 1.82) is 0 Å². The van der Waals surface area contributed by atoms with Gasteiger partial charge < -0.3 is 16.0 Å². The molecule has 0 aromatic heterocycles. The molecule has 0 saturated carbocycles. The summed E-state index contributed by atoms with van der Waals surface area (Å²) in [5, 5.41) is 3.15. The predicted molar refractivity (Wildman–Crippen MR) is 95.1 cm³/mol. The molecule has 0 fully saturated rings. The number of nitrogens with one attached hydrogen (secondary N) is 1. The maximum Gasteiger partial charge on any atom is 0.0463 e. The third-order valence-corrected chi connectivity index (χ3v) is 3.58. The summed E-state index contributed by atoms with van der Waals surface area (Å²) in [4.78, 5) is 2.21. The average molecular weight is 289 g/mol. The van der Waals surface area contributed by atoms with Crippen molar-refractivity contribution in [1.82, 2.24) is 0 Å². The summed E-state index contributed by atoms with van der Waals surface area (Å²) in [7, 11) is 1.92. The van der Waals surface area contributed by atoms with Crippen molar-refractivity contribution in [3.8, 4) is 0 Å². The molecule has 0 aliphatic carbocycles. The first-order valence-corrected chi connectivity index (χ1v) is 7.26. The number of benzene rings is 3. The van der Waals surface area contributed by atoms with Gasteiger partial charge in [-0.05, 0) is 60.7 Å². The molecule has 0 atom stereocenters. The number of nitrogens with zero attached hydrogens (tertiary/aromatic N) is 1. The van der Waals surface area contributed by atoms with Gasteiger partial charge in [-0.15, -0.1) is 0 Å². The van der Waals surface area contributed by atoms with Gasteiger partial charge in [0.25, 0.3) is 0 Å². The highest BCUT2D eigenvalue weighted by molar-refractivity contribution is 5.77. The van der Waals surface area contributed by atoms with Crippen molar-refractivity contribution in [3.05, 3.63) is 78.9 Å². The van der Waals surface area contributed by atoms with Crippen LogP contribution in [-0.4, -0.2) is 7.05 Å². The van der Waals surface area contributed by atoms with Crippen LogP contribution in [0.2, 0.25) is 0 Å². The molecular weight excluding hydrogens is 270 g/mol. The topological polar surface area (TPSA) is 41.3 Å². The van der Waals surface area contributed by atoms with E-state index in [1.807, 2.05) is 49.5 Å². The predicted octanol–water partition coefficient (Wildman–Crippen LogP) is 4.78. The lowest BCUT2D eigenvalue weighted by atomic mass is 10.2. The highest BCUT2D eigenvalue weighted by atomic mass is 15.1. The Bertz CT molecular complexity index is 719. The standard InChI is InChI=1S/C19H19N3/c1-21-16-9-13-19(14-10-16)22(17-5-3-2-4-6-17)18-11-7-15(20)8-12-18/h2-14,21H,20H2,1H3. The fraction of sp³-hybridized carbons (Fsp3) is 0.0526. The maximum atomic E-state index is 5.82. The molecule has 0 amide bonds. The van der Waals surface area contributed by atoms with Crippen LogP contribution in [-0.2, 0) is 0 Å². The second-order valence-corrected chi connectivity index (χ2v) is 5.06. The molecule has 3 aromatic carbocycles. The van der Waals surface area contributed by atoms with Crippen LogP contribution < -0.4 is 16.0 Å². The van der Waals surface area contributed by atoms with E-state index in [4.69, 9.17) is 5.73 Å².